The Morgan fingerprint density at radius 1 is 1.29 bits per heavy atom. The van der Waals surface area contributed by atoms with Gasteiger partial charge in [0.15, 0.2) is 0 Å². The molecule has 94 valence electrons. The first-order valence-electron chi connectivity index (χ1n) is 6.44. The summed E-state index contributed by atoms with van der Waals surface area (Å²) in [4.78, 5) is 11.3. The summed E-state index contributed by atoms with van der Waals surface area (Å²) in [6, 6.07) is 2.06. The second-order valence-electron chi connectivity index (χ2n) is 5.05. The van der Waals surface area contributed by atoms with Crippen LogP contribution in [0.15, 0.2) is 6.07 Å². The summed E-state index contributed by atoms with van der Waals surface area (Å²) in [6.45, 7) is 11.7. The Hall–Kier alpha value is -1.32. The Morgan fingerprint density at radius 3 is 2.53 bits per heavy atom. The highest BCUT2D eigenvalue weighted by molar-refractivity contribution is 5.50. The van der Waals surface area contributed by atoms with E-state index in [4.69, 9.17) is 0 Å². The van der Waals surface area contributed by atoms with Gasteiger partial charge in [0.05, 0.1) is 0 Å². The lowest BCUT2D eigenvalue weighted by Gasteiger charge is -2.18. The summed E-state index contributed by atoms with van der Waals surface area (Å²) in [6.07, 6.45) is 0. The van der Waals surface area contributed by atoms with Crippen molar-refractivity contribution in [1.82, 2.24) is 9.97 Å². The standard InChI is InChI=1S/C13H22N4/c1-5-14-12-6-13(16-11(4)15-12)17-7-9(2)10(3)8-17/h6,9-10H,5,7-8H2,1-4H3,(H,14,15,16). The smallest absolute Gasteiger partial charge is 0.134 e. The van der Waals surface area contributed by atoms with Crippen LogP contribution in [0.1, 0.15) is 26.6 Å². The molecule has 1 N–H and O–H groups in total. The maximum absolute atomic E-state index is 4.54. The van der Waals surface area contributed by atoms with Crippen LogP contribution in [0.5, 0.6) is 0 Å². The molecule has 2 unspecified atom stereocenters. The number of nitrogens with one attached hydrogen (secondary N) is 1. The molecule has 1 fully saturated rings. The normalized spacial score (nSPS) is 24.1. The second kappa shape index (κ2) is 4.90. The van der Waals surface area contributed by atoms with Gasteiger partial charge in [0.1, 0.15) is 17.5 Å². The Morgan fingerprint density at radius 2 is 1.94 bits per heavy atom. The van der Waals surface area contributed by atoms with Crippen LogP contribution >= 0.6 is 0 Å². The molecule has 2 atom stereocenters. The van der Waals surface area contributed by atoms with Gasteiger partial charge in [-0.1, -0.05) is 13.8 Å². The summed E-state index contributed by atoms with van der Waals surface area (Å²) >= 11 is 0. The summed E-state index contributed by atoms with van der Waals surface area (Å²) in [7, 11) is 0. The molecule has 4 nitrogen and oxygen atoms in total. The van der Waals surface area contributed by atoms with Crippen LogP contribution in [0, 0.1) is 18.8 Å². The van der Waals surface area contributed by atoms with Crippen LogP contribution in [0.2, 0.25) is 0 Å². The van der Waals surface area contributed by atoms with Gasteiger partial charge >= 0.3 is 0 Å². The molecule has 1 saturated heterocycles. The molecule has 1 aliphatic rings. The molecule has 0 aromatic carbocycles. The van der Waals surface area contributed by atoms with Gasteiger partial charge in [0, 0.05) is 25.7 Å². The van der Waals surface area contributed by atoms with Crippen LogP contribution in [-0.4, -0.2) is 29.6 Å². The van der Waals surface area contributed by atoms with Crippen molar-refractivity contribution in [3.8, 4) is 0 Å². The monoisotopic (exact) mass is 234 g/mol. The number of rotatable bonds is 3. The lowest BCUT2D eigenvalue weighted by atomic mass is 10.0. The van der Waals surface area contributed by atoms with E-state index in [0.717, 1.165) is 48.9 Å². The van der Waals surface area contributed by atoms with Crippen molar-refractivity contribution in [2.24, 2.45) is 11.8 Å². The Balaban J connectivity index is 2.20. The third kappa shape index (κ3) is 2.68. The van der Waals surface area contributed by atoms with E-state index in [-0.39, 0.29) is 0 Å². The van der Waals surface area contributed by atoms with Gasteiger partial charge < -0.3 is 10.2 Å². The van der Waals surface area contributed by atoms with E-state index < -0.39 is 0 Å². The molecule has 1 aromatic rings. The first-order valence-corrected chi connectivity index (χ1v) is 6.44. The van der Waals surface area contributed by atoms with E-state index in [1.165, 1.54) is 0 Å². The quantitative estimate of drug-likeness (QED) is 0.871. The van der Waals surface area contributed by atoms with Crippen molar-refractivity contribution < 1.29 is 0 Å². The van der Waals surface area contributed by atoms with Crippen LogP contribution in [-0.2, 0) is 0 Å². The molecule has 0 bridgehead atoms. The Labute approximate surface area is 103 Å². The SMILES string of the molecule is CCNc1cc(N2CC(C)C(C)C2)nc(C)n1. The molecular weight excluding hydrogens is 212 g/mol. The highest BCUT2D eigenvalue weighted by Crippen LogP contribution is 2.27. The fourth-order valence-electron chi connectivity index (χ4n) is 2.30. The van der Waals surface area contributed by atoms with E-state index in [9.17, 15) is 0 Å². The first kappa shape index (κ1) is 12.1. The lowest BCUT2D eigenvalue weighted by Crippen LogP contribution is -2.21. The van der Waals surface area contributed by atoms with Gasteiger partial charge in [0.25, 0.3) is 0 Å². The predicted molar refractivity (Wildman–Crippen MR) is 71.5 cm³/mol. The minimum atomic E-state index is 0.743. The van der Waals surface area contributed by atoms with Gasteiger partial charge in [-0.25, -0.2) is 9.97 Å². The third-order valence-electron chi connectivity index (χ3n) is 3.49. The van der Waals surface area contributed by atoms with Crippen LogP contribution < -0.4 is 10.2 Å². The van der Waals surface area contributed by atoms with Gasteiger partial charge in [-0.15, -0.1) is 0 Å². The molecule has 0 spiro atoms. The fourth-order valence-corrected chi connectivity index (χ4v) is 2.30. The molecule has 1 aromatic heterocycles. The van der Waals surface area contributed by atoms with Gasteiger partial charge in [-0.05, 0) is 25.7 Å². The largest absolute Gasteiger partial charge is 0.370 e. The van der Waals surface area contributed by atoms with Gasteiger partial charge in [-0.2, -0.15) is 0 Å². The van der Waals surface area contributed by atoms with Gasteiger partial charge in [0.2, 0.25) is 0 Å². The molecular formula is C13H22N4. The molecule has 0 radical (unpaired) electrons. The number of aryl methyl sites for hydroxylation is 1. The second-order valence-corrected chi connectivity index (χ2v) is 5.05. The first-order chi connectivity index (χ1) is 8.10. The molecule has 1 aliphatic heterocycles. The number of hydrogen-bond donors (Lipinski definition) is 1. The zero-order valence-electron chi connectivity index (χ0n) is 11.2. The summed E-state index contributed by atoms with van der Waals surface area (Å²) in [5.41, 5.74) is 0. The zero-order chi connectivity index (χ0) is 12.4. The van der Waals surface area contributed by atoms with E-state index in [2.05, 4.69) is 47.0 Å². The van der Waals surface area contributed by atoms with Crippen LogP contribution in [0.4, 0.5) is 11.6 Å². The molecule has 4 heteroatoms. The third-order valence-corrected chi connectivity index (χ3v) is 3.49. The van der Waals surface area contributed by atoms with Crippen molar-refractivity contribution in [1.29, 1.82) is 0 Å². The molecule has 0 saturated carbocycles. The van der Waals surface area contributed by atoms with E-state index in [0.29, 0.717) is 0 Å². The number of anilines is 2. The van der Waals surface area contributed by atoms with E-state index >= 15 is 0 Å². The summed E-state index contributed by atoms with van der Waals surface area (Å²) in [5.74, 6) is 4.32. The van der Waals surface area contributed by atoms with Crippen molar-refractivity contribution in [2.75, 3.05) is 29.9 Å². The molecule has 0 amide bonds. The number of aromatic nitrogens is 2. The molecule has 2 rings (SSSR count). The molecule has 2 heterocycles. The maximum atomic E-state index is 4.54. The predicted octanol–water partition coefficient (Wildman–Crippen LogP) is 2.31. The van der Waals surface area contributed by atoms with Crippen molar-refractivity contribution in [2.45, 2.75) is 27.7 Å². The highest BCUT2D eigenvalue weighted by Gasteiger charge is 2.27. The average molecular weight is 234 g/mol. The molecule has 0 aliphatic carbocycles. The van der Waals surface area contributed by atoms with Crippen molar-refractivity contribution in [3.63, 3.8) is 0 Å². The lowest BCUT2D eigenvalue weighted by molar-refractivity contribution is 0.494. The topological polar surface area (TPSA) is 41.0 Å². The number of nitrogens with zero attached hydrogens (tertiary/aromatic N) is 3. The van der Waals surface area contributed by atoms with Crippen LogP contribution in [0.3, 0.4) is 0 Å². The zero-order valence-corrected chi connectivity index (χ0v) is 11.2. The van der Waals surface area contributed by atoms with E-state index in [1.54, 1.807) is 0 Å². The molecule has 17 heavy (non-hydrogen) atoms. The Kier molecular flexibility index (Phi) is 3.50. The highest BCUT2D eigenvalue weighted by atomic mass is 15.2. The summed E-state index contributed by atoms with van der Waals surface area (Å²) < 4.78 is 0. The number of hydrogen-bond acceptors (Lipinski definition) is 4. The minimum Gasteiger partial charge on any atom is -0.370 e. The summed E-state index contributed by atoms with van der Waals surface area (Å²) in [5, 5.41) is 3.26. The van der Waals surface area contributed by atoms with Gasteiger partial charge in [-0.3, -0.25) is 0 Å². The van der Waals surface area contributed by atoms with Crippen LogP contribution in [0.25, 0.3) is 0 Å². The average Bonchev–Trinajstić information content (AvgIpc) is 2.59. The van der Waals surface area contributed by atoms with Crippen molar-refractivity contribution in [3.05, 3.63) is 11.9 Å². The Bertz CT molecular complexity index is 381. The minimum absolute atomic E-state index is 0.743. The maximum Gasteiger partial charge on any atom is 0.134 e. The fraction of sp³-hybridized carbons (Fsp3) is 0.692. The van der Waals surface area contributed by atoms with Crippen molar-refractivity contribution >= 4 is 11.6 Å². The van der Waals surface area contributed by atoms with E-state index in [1.807, 2.05) is 6.92 Å².